The number of fused-ring (bicyclic) bond motifs is 1. The molecule has 1 aromatic heterocycles. The van der Waals surface area contributed by atoms with Gasteiger partial charge < -0.3 is 10.3 Å². The normalized spacial score (nSPS) is 17.5. The molecule has 0 aliphatic heterocycles. The second-order valence-electron chi connectivity index (χ2n) is 5.31. The van der Waals surface area contributed by atoms with Gasteiger partial charge in [0.2, 0.25) is 5.95 Å². The number of aromatic nitrogens is 2. The van der Waals surface area contributed by atoms with Crippen molar-refractivity contribution in [1.82, 2.24) is 14.5 Å². The maximum atomic E-state index is 6.03. The molecule has 3 rings (SSSR count). The SMILES string of the molecule is CC(Cn1c(N)nc2ccccc21)N(C)C1CC1. The highest BCUT2D eigenvalue weighted by atomic mass is 15.2. The number of imidazole rings is 1. The molecule has 0 radical (unpaired) electrons. The van der Waals surface area contributed by atoms with E-state index < -0.39 is 0 Å². The van der Waals surface area contributed by atoms with Crippen LogP contribution in [-0.2, 0) is 6.54 Å². The molecule has 1 atom stereocenters. The second kappa shape index (κ2) is 4.28. The highest BCUT2D eigenvalue weighted by Crippen LogP contribution is 2.28. The van der Waals surface area contributed by atoms with Crippen LogP contribution in [0.15, 0.2) is 24.3 Å². The third-order valence-electron chi connectivity index (χ3n) is 3.95. The van der Waals surface area contributed by atoms with Crippen molar-refractivity contribution >= 4 is 17.0 Å². The summed E-state index contributed by atoms with van der Waals surface area (Å²) in [5, 5.41) is 0. The van der Waals surface area contributed by atoms with Crippen LogP contribution in [0.2, 0.25) is 0 Å². The van der Waals surface area contributed by atoms with E-state index in [2.05, 4.69) is 34.5 Å². The van der Waals surface area contributed by atoms with Crippen molar-refractivity contribution in [1.29, 1.82) is 0 Å². The molecule has 96 valence electrons. The van der Waals surface area contributed by atoms with E-state index in [0.717, 1.165) is 23.6 Å². The van der Waals surface area contributed by atoms with Crippen LogP contribution in [0.1, 0.15) is 19.8 Å². The molecular formula is C14H20N4. The lowest BCUT2D eigenvalue weighted by molar-refractivity contribution is 0.228. The minimum Gasteiger partial charge on any atom is -0.369 e. The predicted molar refractivity (Wildman–Crippen MR) is 74.4 cm³/mol. The third-order valence-corrected chi connectivity index (χ3v) is 3.95. The van der Waals surface area contributed by atoms with Crippen LogP contribution >= 0.6 is 0 Å². The Hall–Kier alpha value is -1.55. The number of nitrogens with zero attached hydrogens (tertiary/aromatic N) is 3. The highest BCUT2D eigenvalue weighted by Gasteiger charge is 2.29. The zero-order valence-electron chi connectivity index (χ0n) is 11.0. The maximum Gasteiger partial charge on any atom is 0.201 e. The number of rotatable bonds is 4. The highest BCUT2D eigenvalue weighted by molar-refractivity contribution is 5.78. The average Bonchev–Trinajstić information content (AvgIpc) is 3.15. The molecule has 0 spiro atoms. The van der Waals surface area contributed by atoms with Crippen molar-refractivity contribution in [3.63, 3.8) is 0 Å². The molecule has 1 aromatic carbocycles. The first kappa shape index (κ1) is 11.5. The van der Waals surface area contributed by atoms with Crippen LogP contribution < -0.4 is 5.73 Å². The summed E-state index contributed by atoms with van der Waals surface area (Å²) in [4.78, 5) is 6.86. The van der Waals surface area contributed by atoms with Crippen molar-refractivity contribution in [2.45, 2.75) is 38.4 Å². The van der Waals surface area contributed by atoms with Gasteiger partial charge in [0, 0.05) is 18.6 Å². The average molecular weight is 244 g/mol. The molecule has 0 bridgehead atoms. The number of likely N-dealkylation sites (N-methyl/N-ethyl adjacent to an activating group) is 1. The van der Waals surface area contributed by atoms with Crippen molar-refractivity contribution in [2.75, 3.05) is 12.8 Å². The van der Waals surface area contributed by atoms with Gasteiger partial charge in [0.05, 0.1) is 11.0 Å². The molecule has 2 aromatic rings. The Morgan fingerprint density at radius 3 is 2.89 bits per heavy atom. The molecule has 1 aliphatic rings. The molecule has 1 unspecified atom stereocenters. The summed E-state index contributed by atoms with van der Waals surface area (Å²) in [7, 11) is 2.21. The van der Waals surface area contributed by atoms with Crippen molar-refractivity contribution < 1.29 is 0 Å². The molecule has 1 aliphatic carbocycles. The monoisotopic (exact) mass is 244 g/mol. The fourth-order valence-corrected chi connectivity index (χ4v) is 2.52. The first-order chi connectivity index (χ1) is 8.66. The van der Waals surface area contributed by atoms with Crippen LogP contribution in [0, 0.1) is 0 Å². The van der Waals surface area contributed by atoms with E-state index in [0.29, 0.717) is 12.0 Å². The smallest absolute Gasteiger partial charge is 0.201 e. The molecule has 1 saturated carbocycles. The number of hydrogen-bond acceptors (Lipinski definition) is 3. The molecule has 2 N–H and O–H groups in total. The molecule has 0 amide bonds. The first-order valence-corrected chi connectivity index (χ1v) is 6.59. The Morgan fingerprint density at radius 2 is 2.17 bits per heavy atom. The Kier molecular flexibility index (Phi) is 2.74. The van der Waals surface area contributed by atoms with Crippen molar-refractivity contribution in [2.24, 2.45) is 0 Å². The van der Waals surface area contributed by atoms with Crippen LogP contribution in [0.25, 0.3) is 11.0 Å². The van der Waals surface area contributed by atoms with Crippen molar-refractivity contribution in [3.05, 3.63) is 24.3 Å². The molecule has 4 heteroatoms. The van der Waals surface area contributed by atoms with E-state index in [1.165, 1.54) is 12.8 Å². The van der Waals surface area contributed by atoms with Crippen LogP contribution in [0.4, 0.5) is 5.95 Å². The fraction of sp³-hybridized carbons (Fsp3) is 0.500. The van der Waals surface area contributed by atoms with E-state index in [1.54, 1.807) is 0 Å². The molecule has 0 saturated heterocycles. The molecule has 4 nitrogen and oxygen atoms in total. The number of benzene rings is 1. The van der Waals surface area contributed by atoms with Gasteiger partial charge >= 0.3 is 0 Å². The predicted octanol–water partition coefficient (Wildman–Crippen LogP) is 2.10. The summed E-state index contributed by atoms with van der Waals surface area (Å²) in [5.41, 5.74) is 8.14. The van der Waals surface area contributed by atoms with Crippen LogP contribution in [-0.4, -0.2) is 33.6 Å². The summed E-state index contributed by atoms with van der Waals surface area (Å²) in [6.07, 6.45) is 2.67. The Bertz CT molecular complexity index is 556. The number of para-hydroxylation sites is 2. The van der Waals surface area contributed by atoms with Gasteiger partial charge in [0.15, 0.2) is 0 Å². The molecular weight excluding hydrogens is 224 g/mol. The standard InChI is InChI=1S/C14H20N4/c1-10(17(2)11-7-8-11)9-18-13-6-4-3-5-12(13)16-14(18)15/h3-6,10-11H,7-9H2,1-2H3,(H2,15,16). The summed E-state index contributed by atoms with van der Waals surface area (Å²) < 4.78 is 2.12. The van der Waals surface area contributed by atoms with E-state index in [-0.39, 0.29) is 0 Å². The van der Waals surface area contributed by atoms with Crippen LogP contribution in [0.3, 0.4) is 0 Å². The van der Waals surface area contributed by atoms with E-state index in [9.17, 15) is 0 Å². The summed E-state index contributed by atoms with van der Waals surface area (Å²) in [6, 6.07) is 9.39. The van der Waals surface area contributed by atoms with Gasteiger partial charge in [0.1, 0.15) is 0 Å². The summed E-state index contributed by atoms with van der Waals surface area (Å²) in [6.45, 7) is 3.16. The lowest BCUT2D eigenvalue weighted by Gasteiger charge is -2.25. The van der Waals surface area contributed by atoms with E-state index in [4.69, 9.17) is 5.73 Å². The van der Waals surface area contributed by atoms with Gasteiger partial charge in [-0.1, -0.05) is 12.1 Å². The Morgan fingerprint density at radius 1 is 1.44 bits per heavy atom. The summed E-state index contributed by atoms with van der Waals surface area (Å²) >= 11 is 0. The van der Waals surface area contributed by atoms with Crippen molar-refractivity contribution in [3.8, 4) is 0 Å². The largest absolute Gasteiger partial charge is 0.369 e. The fourth-order valence-electron chi connectivity index (χ4n) is 2.52. The Labute approximate surface area is 107 Å². The molecule has 18 heavy (non-hydrogen) atoms. The zero-order valence-corrected chi connectivity index (χ0v) is 11.0. The first-order valence-electron chi connectivity index (χ1n) is 6.59. The zero-order chi connectivity index (χ0) is 12.7. The quantitative estimate of drug-likeness (QED) is 0.896. The number of nitrogen functional groups attached to an aromatic ring is 1. The van der Waals surface area contributed by atoms with Gasteiger partial charge in [-0.2, -0.15) is 0 Å². The van der Waals surface area contributed by atoms with Gasteiger partial charge in [-0.15, -0.1) is 0 Å². The molecule has 1 fully saturated rings. The third kappa shape index (κ3) is 1.97. The number of nitrogens with two attached hydrogens (primary N) is 1. The lowest BCUT2D eigenvalue weighted by atomic mass is 10.2. The van der Waals surface area contributed by atoms with Gasteiger partial charge in [0.25, 0.3) is 0 Å². The van der Waals surface area contributed by atoms with Gasteiger partial charge in [-0.05, 0) is 38.9 Å². The topological polar surface area (TPSA) is 47.1 Å². The lowest BCUT2D eigenvalue weighted by Crippen LogP contribution is -2.34. The van der Waals surface area contributed by atoms with E-state index in [1.807, 2.05) is 18.2 Å². The maximum absolute atomic E-state index is 6.03. The molecule has 1 heterocycles. The Balaban J connectivity index is 1.87. The number of anilines is 1. The van der Waals surface area contributed by atoms with E-state index >= 15 is 0 Å². The minimum absolute atomic E-state index is 0.484. The minimum atomic E-state index is 0.484. The van der Waals surface area contributed by atoms with Gasteiger partial charge in [-0.3, -0.25) is 4.90 Å². The summed E-state index contributed by atoms with van der Waals surface area (Å²) in [5.74, 6) is 0.618. The van der Waals surface area contributed by atoms with Gasteiger partial charge in [-0.25, -0.2) is 4.98 Å². The number of hydrogen-bond donors (Lipinski definition) is 1. The second-order valence-corrected chi connectivity index (χ2v) is 5.31. The van der Waals surface area contributed by atoms with Crippen LogP contribution in [0.5, 0.6) is 0 Å².